The number of hydrogen-bond acceptors (Lipinski definition) is 4. The molecule has 0 aromatic rings. The second kappa shape index (κ2) is 7.56. The summed E-state index contributed by atoms with van der Waals surface area (Å²) in [6.45, 7) is -1.10. The van der Waals surface area contributed by atoms with Gasteiger partial charge in [0.2, 0.25) is 5.91 Å². The molecule has 1 heterocycles. The number of carbonyl (C=O) groups excluding carboxylic acids is 2. The van der Waals surface area contributed by atoms with Gasteiger partial charge >= 0.3 is 18.2 Å². The van der Waals surface area contributed by atoms with E-state index < -0.39 is 36.0 Å². The van der Waals surface area contributed by atoms with Crippen molar-refractivity contribution in [3.63, 3.8) is 0 Å². The highest BCUT2D eigenvalue weighted by atomic mass is 35.5. The summed E-state index contributed by atoms with van der Waals surface area (Å²) in [5.74, 6) is -1.68. The minimum Gasteiger partial charge on any atom is -0.481 e. The molecule has 2 rings (SSSR count). The van der Waals surface area contributed by atoms with Gasteiger partial charge in [-0.05, 0) is 18.8 Å². The van der Waals surface area contributed by atoms with Gasteiger partial charge in [0, 0.05) is 13.1 Å². The topological polar surface area (TPSA) is 98.7 Å². The molecule has 0 radical (unpaired) electrons. The van der Waals surface area contributed by atoms with E-state index in [1.54, 1.807) is 4.90 Å². The van der Waals surface area contributed by atoms with E-state index in [0.29, 0.717) is 13.0 Å². The van der Waals surface area contributed by atoms with E-state index in [2.05, 4.69) is 0 Å². The smallest absolute Gasteiger partial charge is 0.405 e. The van der Waals surface area contributed by atoms with Crippen LogP contribution in [-0.4, -0.2) is 60.3 Å². The van der Waals surface area contributed by atoms with E-state index >= 15 is 0 Å². The van der Waals surface area contributed by atoms with Crippen molar-refractivity contribution in [2.45, 2.75) is 25.4 Å². The molecule has 2 atom stereocenters. The number of carboxylic acid groups (broad SMARTS) is 1. The Kier molecular flexibility index (Phi) is 6.45. The molecule has 1 saturated heterocycles. The van der Waals surface area contributed by atoms with Gasteiger partial charge in [0.1, 0.15) is 6.54 Å². The van der Waals surface area contributed by atoms with Gasteiger partial charge in [-0.15, -0.1) is 12.4 Å². The Bertz CT molecular complexity index is 517. The summed E-state index contributed by atoms with van der Waals surface area (Å²) in [6.07, 6.45) is -2.40. The average molecular weight is 374 g/mol. The van der Waals surface area contributed by atoms with Crippen LogP contribution in [0.1, 0.15) is 19.3 Å². The Morgan fingerprint density at radius 2 is 1.96 bits per heavy atom. The molecule has 138 valence electrons. The predicted molar refractivity (Wildman–Crippen MR) is 78.7 cm³/mol. The zero-order chi connectivity index (χ0) is 17.3. The van der Waals surface area contributed by atoms with E-state index in [1.807, 2.05) is 5.32 Å². The van der Waals surface area contributed by atoms with Crippen molar-refractivity contribution in [3.8, 4) is 0 Å². The number of hydrogen-bond donors (Lipinski definition) is 3. The number of urea groups is 1. The Balaban J connectivity index is 0.00000288. The average Bonchev–Trinajstić information content (AvgIpc) is 2.92. The molecule has 2 aliphatic rings. The zero-order valence-electron chi connectivity index (χ0n) is 12.7. The van der Waals surface area contributed by atoms with Crippen molar-refractivity contribution in [1.82, 2.24) is 15.5 Å². The molecule has 11 heteroatoms. The lowest BCUT2D eigenvalue weighted by atomic mass is 9.81. The maximum Gasteiger partial charge on any atom is 0.405 e. The molecular weight excluding hydrogens is 355 g/mol. The molecule has 1 aliphatic heterocycles. The third-order valence-corrected chi connectivity index (χ3v) is 4.44. The Morgan fingerprint density at radius 1 is 1.29 bits per heavy atom. The minimum atomic E-state index is -4.55. The summed E-state index contributed by atoms with van der Waals surface area (Å²) in [5.41, 5.74) is -0.848. The molecule has 0 bridgehead atoms. The lowest BCUT2D eigenvalue weighted by Gasteiger charge is -2.23. The van der Waals surface area contributed by atoms with Gasteiger partial charge in [-0.1, -0.05) is 6.42 Å². The number of nitrogens with one attached hydrogen (secondary N) is 2. The molecule has 0 aromatic heterocycles. The van der Waals surface area contributed by atoms with Crippen LogP contribution >= 0.6 is 12.4 Å². The first kappa shape index (κ1) is 20.5. The second-order valence-electron chi connectivity index (χ2n) is 6.07. The highest BCUT2D eigenvalue weighted by Crippen LogP contribution is 2.48. The SMILES string of the molecule is Cl.O=C(CN1C[C@@H]2CCC[C@@]2(C(=O)O)C1)NC(=O)NCC(F)(F)F. The van der Waals surface area contributed by atoms with Crippen LogP contribution in [0.2, 0.25) is 0 Å². The van der Waals surface area contributed by atoms with E-state index in [4.69, 9.17) is 0 Å². The number of likely N-dealkylation sites (tertiary alicyclic amines) is 1. The summed E-state index contributed by atoms with van der Waals surface area (Å²) in [6, 6.07) is -1.22. The zero-order valence-corrected chi connectivity index (χ0v) is 13.5. The maximum absolute atomic E-state index is 11.9. The Morgan fingerprint density at radius 3 is 2.50 bits per heavy atom. The number of imide groups is 1. The number of alkyl halides is 3. The highest BCUT2D eigenvalue weighted by molar-refractivity contribution is 5.95. The van der Waals surface area contributed by atoms with E-state index in [9.17, 15) is 32.7 Å². The number of amides is 3. The second-order valence-corrected chi connectivity index (χ2v) is 6.07. The number of carboxylic acids is 1. The van der Waals surface area contributed by atoms with Crippen molar-refractivity contribution in [2.24, 2.45) is 11.3 Å². The van der Waals surface area contributed by atoms with Crippen LogP contribution in [0.25, 0.3) is 0 Å². The van der Waals surface area contributed by atoms with Gasteiger partial charge in [-0.25, -0.2) is 4.79 Å². The van der Waals surface area contributed by atoms with Crippen LogP contribution in [0.4, 0.5) is 18.0 Å². The number of rotatable bonds is 4. The molecule has 3 amide bonds. The molecule has 0 spiro atoms. The van der Waals surface area contributed by atoms with Gasteiger partial charge in [0.05, 0.1) is 12.0 Å². The van der Waals surface area contributed by atoms with E-state index in [-0.39, 0.29) is 31.4 Å². The number of nitrogens with zero attached hydrogens (tertiary/aromatic N) is 1. The monoisotopic (exact) mass is 373 g/mol. The van der Waals surface area contributed by atoms with Gasteiger partial charge in [0.15, 0.2) is 0 Å². The van der Waals surface area contributed by atoms with Crippen molar-refractivity contribution >= 4 is 30.3 Å². The third kappa shape index (κ3) is 4.73. The normalized spacial score (nSPS) is 26.4. The molecular formula is C13H19ClF3N3O4. The Labute approximate surface area is 142 Å². The van der Waals surface area contributed by atoms with E-state index in [0.717, 1.165) is 12.8 Å². The fourth-order valence-corrected chi connectivity index (χ4v) is 3.46. The summed E-state index contributed by atoms with van der Waals surface area (Å²) >= 11 is 0. The maximum atomic E-state index is 11.9. The minimum absolute atomic E-state index is 0. The van der Waals surface area contributed by atoms with Gasteiger partial charge in [0.25, 0.3) is 0 Å². The van der Waals surface area contributed by atoms with E-state index in [1.165, 1.54) is 5.32 Å². The summed E-state index contributed by atoms with van der Waals surface area (Å²) < 4.78 is 35.8. The molecule has 1 aliphatic carbocycles. The third-order valence-electron chi connectivity index (χ3n) is 4.44. The van der Waals surface area contributed by atoms with Crippen molar-refractivity contribution in [1.29, 1.82) is 0 Å². The van der Waals surface area contributed by atoms with Crippen molar-refractivity contribution in [2.75, 3.05) is 26.2 Å². The molecule has 2 fully saturated rings. The Hall–Kier alpha value is -1.55. The molecule has 0 aromatic carbocycles. The predicted octanol–water partition coefficient (Wildman–Crippen LogP) is 0.983. The molecule has 24 heavy (non-hydrogen) atoms. The first-order valence-electron chi connectivity index (χ1n) is 7.22. The standard InChI is InChI=1S/C13H18F3N3O4.ClH/c14-13(15,16)6-17-11(23)18-9(20)5-19-4-8-2-1-3-12(8,7-19)10(21)22;/h8H,1-7H2,(H,21,22)(H2,17,18,20,23);1H/t8-,12+;/m0./s1. The summed E-state index contributed by atoms with van der Waals surface area (Å²) in [7, 11) is 0. The molecule has 7 nitrogen and oxygen atoms in total. The fraction of sp³-hybridized carbons (Fsp3) is 0.769. The van der Waals surface area contributed by atoms with Crippen LogP contribution in [0.15, 0.2) is 0 Å². The lowest BCUT2D eigenvalue weighted by molar-refractivity contribution is -0.149. The quantitative estimate of drug-likeness (QED) is 0.682. The largest absolute Gasteiger partial charge is 0.481 e. The number of halogens is 4. The number of carbonyl (C=O) groups is 3. The molecule has 0 unspecified atom stereocenters. The van der Waals surface area contributed by atoms with Crippen LogP contribution in [0.5, 0.6) is 0 Å². The van der Waals surface area contributed by atoms with Gasteiger partial charge < -0.3 is 10.4 Å². The first-order valence-corrected chi connectivity index (χ1v) is 7.22. The first-order chi connectivity index (χ1) is 10.6. The van der Waals surface area contributed by atoms with Crippen LogP contribution < -0.4 is 10.6 Å². The lowest BCUT2D eigenvalue weighted by Crippen LogP contribution is -2.46. The number of fused-ring (bicyclic) bond motifs is 1. The summed E-state index contributed by atoms with van der Waals surface area (Å²) in [4.78, 5) is 36.0. The molecule has 1 saturated carbocycles. The highest BCUT2D eigenvalue weighted by Gasteiger charge is 2.54. The van der Waals surface area contributed by atoms with Gasteiger partial charge in [-0.3, -0.25) is 19.8 Å². The van der Waals surface area contributed by atoms with Crippen LogP contribution in [0, 0.1) is 11.3 Å². The van der Waals surface area contributed by atoms with Crippen molar-refractivity contribution in [3.05, 3.63) is 0 Å². The number of aliphatic carboxylic acids is 1. The van der Waals surface area contributed by atoms with Crippen molar-refractivity contribution < 1.29 is 32.7 Å². The van der Waals surface area contributed by atoms with Crippen LogP contribution in [0.3, 0.4) is 0 Å². The molecule has 3 N–H and O–H groups in total. The van der Waals surface area contributed by atoms with Crippen LogP contribution in [-0.2, 0) is 9.59 Å². The fourth-order valence-electron chi connectivity index (χ4n) is 3.46. The summed E-state index contributed by atoms with van der Waals surface area (Å²) in [5, 5.41) is 12.8. The van der Waals surface area contributed by atoms with Gasteiger partial charge in [-0.2, -0.15) is 13.2 Å².